The second kappa shape index (κ2) is 10.4. The minimum absolute atomic E-state index is 0.234. The molecule has 0 atom stereocenters. The molecule has 0 bridgehead atoms. The van der Waals surface area contributed by atoms with Crippen molar-refractivity contribution in [1.82, 2.24) is 4.57 Å². The van der Waals surface area contributed by atoms with E-state index in [1.807, 2.05) is 30.3 Å². The number of nitrogens with zero attached hydrogens (tertiary/aromatic N) is 1. The van der Waals surface area contributed by atoms with Crippen LogP contribution >= 0.6 is 11.9 Å². The molecule has 2 aromatic carbocycles. The smallest absolute Gasteiger partial charge is 0.382 e. The number of nitrogens with one attached hydrogen (secondary N) is 2. The van der Waals surface area contributed by atoms with Gasteiger partial charge in [0.15, 0.2) is 0 Å². The summed E-state index contributed by atoms with van der Waals surface area (Å²) in [6.07, 6.45) is -2.63. The summed E-state index contributed by atoms with van der Waals surface area (Å²) in [6.45, 7) is 0.573. The summed E-state index contributed by atoms with van der Waals surface area (Å²) in [5, 5.41) is 12.9. The molecule has 4 rings (SSSR count). The zero-order valence-corrected chi connectivity index (χ0v) is 18.7. The number of anilines is 2. The Morgan fingerprint density at radius 3 is 2.58 bits per heavy atom. The van der Waals surface area contributed by atoms with Gasteiger partial charge in [0.1, 0.15) is 6.54 Å². The van der Waals surface area contributed by atoms with Crippen LogP contribution in [0.4, 0.5) is 24.5 Å². The Kier molecular flexibility index (Phi) is 7.38. The molecule has 33 heavy (non-hydrogen) atoms. The number of aromatic nitrogens is 1. The Bertz CT molecular complexity index is 1140. The van der Waals surface area contributed by atoms with E-state index in [0.29, 0.717) is 31.0 Å². The van der Waals surface area contributed by atoms with Crippen LogP contribution in [-0.2, 0) is 11.3 Å². The minimum atomic E-state index is -4.35. The van der Waals surface area contributed by atoms with Crippen LogP contribution < -0.4 is 15.8 Å². The molecule has 1 fully saturated rings. The van der Waals surface area contributed by atoms with Crippen LogP contribution in [0.25, 0.3) is 10.9 Å². The van der Waals surface area contributed by atoms with Gasteiger partial charge in [0.2, 0.25) is 0 Å². The summed E-state index contributed by atoms with van der Waals surface area (Å²) in [7, 11) is 0. The maximum Gasteiger partial charge on any atom is 0.406 e. The van der Waals surface area contributed by atoms with Crippen molar-refractivity contribution in [2.45, 2.75) is 36.5 Å². The van der Waals surface area contributed by atoms with Crippen molar-refractivity contribution in [3.63, 3.8) is 0 Å². The van der Waals surface area contributed by atoms with Gasteiger partial charge in [-0.25, -0.2) is 0 Å². The average molecular weight is 475 g/mol. The van der Waals surface area contributed by atoms with Crippen LogP contribution in [0.15, 0.2) is 53.4 Å². The molecule has 1 aliphatic rings. The monoisotopic (exact) mass is 474 g/mol. The molecule has 0 aliphatic carbocycles. The standard InChI is InChI=1S/C24H25F3N4OS/c25-24(26,27)16-31-19(3-2-12-29-17-6-8-20(33-28)9-7-17)15-21-22(4-1-5-23(21)31)30-18-10-13-32-14-11-18/h1,4-9,15,18,29-30H,10-14,16,28H2. The van der Waals surface area contributed by atoms with Gasteiger partial charge >= 0.3 is 6.18 Å². The molecule has 5 nitrogen and oxygen atoms in total. The number of hydrogen-bond donors (Lipinski definition) is 3. The molecule has 2 heterocycles. The first-order valence-corrected chi connectivity index (χ1v) is 11.5. The lowest BCUT2D eigenvalue weighted by molar-refractivity contribution is -0.140. The second-order valence-corrected chi connectivity index (χ2v) is 8.50. The first-order chi connectivity index (χ1) is 15.9. The van der Waals surface area contributed by atoms with E-state index in [-0.39, 0.29) is 6.04 Å². The highest BCUT2D eigenvalue weighted by Crippen LogP contribution is 2.31. The summed E-state index contributed by atoms with van der Waals surface area (Å²) in [4.78, 5) is 0.938. The van der Waals surface area contributed by atoms with Crippen LogP contribution in [0.1, 0.15) is 18.5 Å². The number of halogens is 3. The third-order valence-corrected chi connectivity index (χ3v) is 6.00. The average Bonchev–Trinajstić information content (AvgIpc) is 3.14. The number of ether oxygens (including phenoxy) is 1. The Morgan fingerprint density at radius 2 is 1.88 bits per heavy atom. The lowest BCUT2D eigenvalue weighted by Crippen LogP contribution is -2.27. The van der Waals surface area contributed by atoms with Crippen molar-refractivity contribution in [1.29, 1.82) is 0 Å². The van der Waals surface area contributed by atoms with Gasteiger partial charge in [-0.2, -0.15) is 13.2 Å². The lowest BCUT2D eigenvalue weighted by atomic mass is 10.1. The topological polar surface area (TPSA) is 64.2 Å². The molecule has 1 saturated heterocycles. The normalized spacial score (nSPS) is 14.7. The van der Waals surface area contributed by atoms with E-state index in [9.17, 15) is 13.2 Å². The largest absolute Gasteiger partial charge is 0.406 e. The van der Waals surface area contributed by atoms with Crippen LogP contribution in [-0.4, -0.2) is 36.5 Å². The van der Waals surface area contributed by atoms with Gasteiger partial charge in [0, 0.05) is 40.9 Å². The SMILES string of the molecule is NSc1ccc(NCC#Cc2cc3c(NC4CCOCC4)cccc3n2CC(F)(F)F)cc1. The Morgan fingerprint density at radius 1 is 1.12 bits per heavy atom. The highest BCUT2D eigenvalue weighted by Gasteiger charge is 2.30. The number of rotatable bonds is 6. The number of hydrogen-bond acceptors (Lipinski definition) is 5. The molecule has 0 saturated carbocycles. The molecule has 0 unspecified atom stereocenters. The fourth-order valence-corrected chi connectivity index (χ4v) is 4.15. The number of fused-ring (bicyclic) bond motifs is 1. The molecule has 1 aromatic heterocycles. The third-order valence-electron chi connectivity index (χ3n) is 5.45. The number of alkyl halides is 3. The first-order valence-electron chi connectivity index (χ1n) is 10.7. The predicted octanol–water partition coefficient (Wildman–Crippen LogP) is 5.22. The van der Waals surface area contributed by atoms with Gasteiger partial charge in [-0.1, -0.05) is 12.0 Å². The quantitative estimate of drug-likeness (QED) is 0.338. The zero-order chi connectivity index (χ0) is 23.3. The maximum atomic E-state index is 13.4. The van der Waals surface area contributed by atoms with Gasteiger partial charge < -0.3 is 19.9 Å². The van der Waals surface area contributed by atoms with Gasteiger partial charge in [-0.15, -0.1) is 0 Å². The maximum absolute atomic E-state index is 13.4. The molecule has 4 N–H and O–H groups in total. The molecule has 0 spiro atoms. The Hall–Kier alpha value is -2.80. The molecular weight excluding hydrogens is 449 g/mol. The fourth-order valence-electron chi connectivity index (χ4n) is 3.86. The van der Waals surface area contributed by atoms with Crippen molar-refractivity contribution in [3.8, 4) is 11.8 Å². The Balaban J connectivity index is 1.58. The van der Waals surface area contributed by atoms with E-state index >= 15 is 0 Å². The van der Waals surface area contributed by atoms with Gasteiger partial charge in [0.05, 0.1) is 17.8 Å². The summed E-state index contributed by atoms with van der Waals surface area (Å²) in [5.41, 5.74) is 2.52. The van der Waals surface area contributed by atoms with E-state index < -0.39 is 12.7 Å². The highest BCUT2D eigenvalue weighted by atomic mass is 32.2. The van der Waals surface area contributed by atoms with Crippen molar-refractivity contribution in [3.05, 3.63) is 54.2 Å². The van der Waals surface area contributed by atoms with E-state index in [4.69, 9.17) is 9.88 Å². The molecule has 3 aromatic rings. The highest BCUT2D eigenvalue weighted by molar-refractivity contribution is 7.97. The van der Waals surface area contributed by atoms with E-state index in [2.05, 4.69) is 22.5 Å². The zero-order valence-electron chi connectivity index (χ0n) is 17.9. The molecule has 0 amide bonds. The second-order valence-electron chi connectivity index (χ2n) is 7.80. The fraction of sp³-hybridized carbons (Fsp3) is 0.333. The van der Waals surface area contributed by atoms with Gasteiger partial charge in [-0.05, 0) is 73.2 Å². The van der Waals surface area contributed by atoms with Crippen LogP contribution in [0, 0.1) is 11.8 Å². The van der Waals surface area contributed by atoms with Gasteiger partial charge in [-0.3, -0.25) is 5.14 Å². The lowest BCUT2D eigenvalue weighted by Gasteiger charge is -2.24. The molecule has 174 valence electrons. The Labute approximate surface area is 195 Å². The van der Waals surface area contributed by atoms with Crippen LogP contribution in [0.2, 0.25) is 0 Å². The van der Waals surface area contributed by atoms with Crippen molar-refractivity contribution in [2.75, 3.05) is 30.4 Å². The third kappa shape index (κ3) is 6.16. The first kappa shape index (κ1) is 23.4. The van der Waals surface area contributed by atoms with Crippen molar-refractivity contribution < 1.29 is 17.9 Å². The van der Waals surface area contributed by atoms with Crippen molar-refractivity contribution in [2.24, 2.45) is 5.14 Å². The van der Waals surface area contributed by atoms with Crippen LogP contribution in [0.5, 0.6) is 0 Å². The summed E-state index contributed by atoms with van der Waals surface area (Å²) in [5.74, 6) is 5.88. The summed E-state index contributed by atoms with van der Waals surface area (Å²) < 4.78 is 46.7. The summed E-state index contributed by atoms with van der Waals surface area (Å²) in [6, 6.07) is 14.9. The number of benzene rings is 2. The predicted molar refractivity (Wildman–Crippen MR) is 127 cm³/mol. The molecule has 1 aliphatic heterocycles. The van der Waals surface area contributed by atoms with E-state index in [1.54, 1.807) is 18.2 Å². The van der Waals surface area contributed by atoms with E-state index in [0.717, 1.165) is 46.4 Å². The van der Waals surface area contributed by atoms with Gasteiger partial charge in [0.25, 0.3) is 0 Å². The van der Waals surface area contributed by atoms with Crippen LogP contribution in [0.3, 0.4) is 0 Å². The molecule has 0 radical (unpaired) electrons. The summed E-state index contributed by atoms with van der Waals surface area (Å²) >= 11 is 1.16. The minimum Gasteiger partial charge on any atom is -0.382 e. The molecular formula is C24H25F3N4OS. The molecule has 9 heteroatoms. The van der Waals surface area contributed by atoms with Crippen molar-refractivity contribution >= 4 is 34.2 Å². The number of nitrogens with two attached hydrogens (primary N) is 1. The van der Waals surface area contributed by atoms with E-state index in [1.165, 1.54) is 4.57 Å².